The van der Waals surface area contributed by atoms with E-state index in [1.54, 1.807) is 0 Å². The van der Waals surface area contributed by atoms with Crippen LogP contribution < -0.4 is 0 Å². The van der Waals surface area contributed by atoms with Crippen molar-refractivity contribution in [2.45, 2.75) is 11.8 Å². The van der Waals surface area contributed by atoms with Gasteiger partial charge in [0.1, 0.15) is 0 Å². The molecular formula is C37H27N. The molecule has 0 radical (unpaired) electrons. The standard InChI is InChI=1S/C37H27N/c38-37-33-24-29(25-13-5-1-6-14-25)23-32(33)36-31(35(37)28-19-11-4-12-20-28)22-21-30(26-15-7-2-8-16-26)34(36)27-17-9-3-10-18-27/h1-24,29,35,38H. The van der Waals surface area contributed by atoms with E-state index in [2.05, 4.69) is 146 Å². The van der Waals surface area contributed by atoms with Gasteiger partial charge in [-0.05, 0) is 50.1 Å². The van der Waals surface area contributed by atoms with Crippen LogP contribution in [-0.2, 0) is 0 Å². The summed E-state index contributed by atoms with van der Waals surface area (Å²) < 4.78 is 0. The van der Waals surface area contributed by atoms with E-state index in [1.807, 2.05) is 0 Å². The van der Waals surface area contributed by atoms with Gasteiger partial charge in [-0.2, -0.15) is 0 Å². The van der Waals surface area contributed by atoms with Gasteiger partial charge in [0.2, 0.25) is 0 Å². The van der Waals surface area contributed by atoms with Gasteiger partial charge in [0.15, 0.2) is 0 Å². The van der Waals surface area contributed by atoms with Crippen molar-refractivity contribution in [3.63, 3.8) is 0 Å². The van der Waals surface area contributed by atoms with Gasteiger partial charge in [-0.1, -0.05) is 146 Å². The maximum absolute atomic E-state index is 9.48. The van der Waals surface area contributed by atoms with Gasteiger partial charge in [-0.25, -0.2) is 0 Å². The number of hydrogen-bond donors (Lipinski definition) is 1. The SMILES string of the molecule is N=C1C2=CC(c3ccccc3)C=C2c2c(ccc(-c3ccccc3)c2-c2ccccc2)C1c1ccccc1. The van der Waals surface area contributed by atoms with Crippen molar-refractivity contribution < 1.29 is 0 Å². The van der Waals surface area contributed by atoms with E-state index < -0.39 is 0 Å². The van der Waals surface area contributed by atoms with Crippen LogP contribution >= 0.6 is 0 Å². The molecule has 0 bridgehead atoms. The highest BCUT2D eigenvalue weighted by Crippen LogP contribution is 2.52. The first-order valence-corrected chi connectivity index (χ1v) is 13.2. The molecule has 0 saturated carbocycles. The number of allylic oxidation sites excluding steroid dienone is 4. The molecule has 180 valence electrons. The second-order valence-corrected chi connectivity index (χ2v) is 10.0. The summed E-state index contributed by atoms with van der Waals surface area (Å²) in [6.07, 6.45) is 4.68. The van der Waals surface area contributed by atoms with Crippen molar-refractivity contribution in [2.75, 3.05) is 0 Å². The molecule has 0 amide bonds. The molecule has 0 aliphatic heterocycles. The number of fused-ring (bicyclic) bond motifs is 3. The molecule has 5 aromatic carbocycles. The first-order valence-electron chi connectivity index (χ1n) is 13.2. The van der Waals surface area contributed by atoms with E-state index in [9.17, 15) is 5.41 Å². The molecule has 0 spiro atoms. The van der Waals surface area contributed by atoms with Gasteiger partial charge in [-0.15, -0.1) is 0 Å². The molecular weight excluding hydrogens is 458 g/mol. The Morgan fingerprint density at radius 2 is 0.974 bits per heavy atom. The Hall–Kier alpha value is -4.75. The predicted octanol–water partition coefficient (Wildman–Crippen LogP) is 9.29. The molecule has 1 nitrogen and oxygen atoms in total. The minimum Gasteiger partial charge on any atom is -0.304 e. The lowest BCUT2D eigenvalue weighted by Gasteiger charge is -2.33. The first-order chi connectivity index (χ1) is 18.8. The van der Waals surface area contributed by atoms with Crippen molar-refractivity contribution in [3.05, 3.63) is 173 Å². The molecule has 0 aromatic heterocycles. The van der Waals surface area contributed by atoms with Crippen LogP contribution in [0.5, 0.6) is 0 Å². The smallest absolute Gasteiger partial charge is 0.0518 e. The van der Waals surface area contributed by atoms with E-state index >= 15 is 0 Å². The Morgan fingerprint density at radius 3 is 1.61 bits per heavy atom. The van der Waals surface area contributed by atoms with Crippen LogP contribution in [0.3, 0.4) is 0 Å². The van der Waals surface area contributed by atoms with Crippen LogP contribution in [0.2, 0.25) is 0 Å². The highest BCUT2D eigenvalue weighted by atomic mass is 14.5. The van der Waals surface area contributed by atoms with E-state index in [0.717, 1.165) is 11.1 Å². The highest BCUT2D eigenvalue weighted by molar-refractivity contribution is 6.22. The summed E-state index contributed by atoms with van der Waals surface area (Å²) in [6.45, 7) is 0. The summed E-state index contributed by atoms with van der Waals surface area (Å²) in [4.78, 5) is 0. The third kappa shape index (κ3) is 3.67. The molecule has 1 N–H and O–H groups in total. The van der Waals surface area contributed by atoms with Crippen LogP contribution in [0.15, 0.2) is 151 Å². The van der Waals surface area contributed by atoms with E-state index in [1.165, 1.54) is 44.5 Å². The zero-order chi connectivity index (χ0) is 25.5. The molecule has 38 heavy (non-hydrogen) atoms. The lowest BCUT2D eigenvalue weighted by Crippen LogP contribution is -2.23. The van der Waals surface area contributed by atoms with Crippen LogP contribution in [0.1, 0.15) is 34.1 Å². The predicted molar refractivity (Wildman–Crippen MR) is 159 cm³/mol. The molecule has 2 unspecified atom stereocenters. The summed E-state index contributed by atoms with van der Waals surface area (Å²) in [5.41, 5.74) is 12.7. The Bertz CT molecular complexity index is 1700. The van der Waals surface area contributed by atoms with Crippen LogP contribution in [0.25, 0.3) is 27.8 Å². The minimum absolute atomic E-state index is 0.114. The van der Waals surface area contributed by atoms with E-state index in [4.69, 9.17) is 0 Å². The summed E-state index contributed by atoms with van der Waals surface area (Å²) in [5.74, 6) is 0.0318. The Morgan fingerprint density at radius 1 is 0.447 bits per heavy atom. The maximum Gasteiger partial charge on any atom is 0.0518 e. The van der Waals surface area contributed by atoms with Gasteiger partial charge >= 0.3 is 0 Å². The monoisotopic (exact) mass is 485 g/mol. The minimum atomic E-state index is -0.114. The zero-order valence-electron chi connectivity index (χ0n) is 21.0. The fraction of sp³-hybridized carbons (Fsp3) is 0.0541. The van der Waals surface area contributed by atoms with Crippen LogP contribution in [0, 0.1) is 5.41 Å². The molecule has 2 aliphatic rings. The third-order valence-corrected chi connectivity index (χ3v) is 7.84. The lowest BCUT2D eigenvalue weighted by molar-refractivity contribution is 1.04. The van der Waals surface area contributed by atoms with Crippen molar-refractivity contribution in [2.24, 2.45) is 0 Å². The van der Waals surface area contributed by atoms with Crippen molar-refractivity contribution >= 4 is 11.3 Å². The van der Waals surface area contributed by atoms with Crippen LogP contribution in [0.4, 0.5) is 0 Å². The third-order valence-electron chi connectivity index (χ3n) is 7.84. The second-order valence-electron chi connectivity index (χ2n) is 10.0. The molecule has 2 aliphatic carbocycles. The van der Waals surface area contributed by atoms with Crippen LogP contribution in [-0.4, -0.2) is 5.71 Å². The van der Waals surface area contributed by atoms with Gasteiger partial charge in [-0.3, -0.25) is 0 Å². The molecule has 0 heterocycles. The normalized spacial score (nSPS) is 17.8. The van der Waals surface area contributed by atoms with Crippen molar-refractivity contribution in [3.8, 4) is 22.3 Å². The largest absolute Gasteiger partial charge is 0.304 e. The van der Waals surface area contributed by atoms with Gasteiger partial charge in [0, 0.05) is 11.5 Å². The van der Waals surface area contributed by atoms with Gasteiger partial charge in [0.25, 0.3) is 0 Å². The topological polar surface area (TPSA) is 23.9 Å². The molecule has 1 heteroatoms. The summed E-state index contributed by atoms with van der Waals surface area (Å²) >= 11 is 0. The average Bonchev–Trinajstić information content (AvgIpc) is 3.45. The second kappa shape index (κ2) is 9.28. The fourth-order valence-corrected chi connectivity index (χ4v) is 6.12. The molecule has 0 fully saturated rings. The highest BCUT2D eigenvalue weighted by Gasteiger charge is 2.38. The van der Waals surface area contributed by atoms with Gasteiger partial charge in [0.05, 0.1) is 11.6 Å². The maximum atomic E-state index is 9.48. The Kier molecular flexibility index (Phi) is 5.48. The first kappa shape index (κ1) is 22.4. The fourth-order valence-electron chi connectivity index (χ4n) is 6.12. The summed E-state index contributed by atoms with van der Waals surface area (Å²) in [7, 11) is 0. The number of rotatable bonds is 4. The molecule has 5 aromatic rings. The summed E-state index contributed by atoms with van der Waals surface area (Å²) in [5, 5.41) is 9.48. The molecule has 0 saturated heterocycles. The van der Waals surface area contributed by atoms with Gasteiger partial charge < -0.3 is 5.41 Å². The quantitative estimate of drug-likeness (QED) is 0.262. The zero-order valence-corrected chi connectivity index (χ0v) is 21.0. The van der Waals surface area contributed by atoms with E-state index in [-0.39, 0.29) is 11.8 Å². The Labute approximate surface area is 224 Å². The van der Waals surface area contributed by atoms with Crippen molar-refractivity contribution in [1.29, 1.82) is 5.41 Å². The number of benzene rings is 5. The number of nitrogens with one attached hydrogen (secondary N) is 1. The summed E-state index contributed by atoms with van der Waals surface area (Å²) in [6, 6.07) is 47.1. The Balaban J connectivity index is 1.56. The lowest BCUT2D eigenvalue weighted by atomic mass is 9.70. The average molecular weight is 486 g/mol. The molecule has 7 rings (SSSR count). The van der Waals surface area contributed by atoms with Crippen molar-refractivity contribution in [1.82, 2.24) is 0 Å². The number of hydrogen-bond acceptors (Lipinski definition) is 1. The van der Waals surface area contributed by atoms with E-state index in [0.29, 0.717) is 5.71 Å². The molecule has 2 atom stereocenters.